The maximum Gasteiger partial charge on any atom is 0.338 e. The predicted octanol–water partition coefficient (Wildman–Crippen LogP) is 6.86. The minimum absolute atomic E-state index is 0.169. The summed E-state index contributed by atoms with van der Waals surface area (Å²) in [4.78, 5) is 24.4. The molecule has 4 heteroatoms. The van der Waals surface area contributed by atoms with Gasteiger partial charge in [-0.3, -0.25) is 0 Å². The van der Waals surface area contributed by atoms with Gasteiger partial charge in [0.25, 0.3) is 0 Å². The Morgan fingerprint density at radius 3 is 1.19 bits per heavy atom. The molecule has 2 atom stereocenters. The van der Waals surface area contributed by atoms with Crippen LogP contribution in [0.5, 0.6) is 0 Å². The van der Waals surface area contributed by atoms with Crippen molar-refractivity contribution in [1.29, 1.82) is 0 Å². The third kappa shape index (κ3) is 5.23. The molecule has 2 aromatic rings. The summed E-state index contributed by atoms with van der Waals surface area (Å²) < 4.78 is 10.5. The summed E-state index contributed by atoms with van der Waals surface area (Å²) in [6.07, 6.45) is 3.47. The van der Waals surface area contributed by atoms with E-state index in [2.05, 4.69) is 52.0 Å². The maximum absolute atomic E-state index is 12.2. The van der Waals surface area contributed by atoms with Gasteiger partial charge in [-0.05, 0) is 61.1 Å². The third-order valence-electron chi connectivity index (χ3n) is 7.02. The molecule has 0 spiro atoms. The van der Waals surface area contributed by atoms with Crippen LogP contribution in [0.25, 0.3) is 0 Å². The molecule has 0 aliphatic heterocycles. The van der Waals surface area contributed by atoms with Crippen LogP contribution >= 0.6 is 0 Å². The van der Waals surface area contributed by atoms with Crippen molar-refractivity contribution in [3.05, 3.63) is 70.8 Å². The summed E-state index contributed by atoms with van der Waals surface area (Å²) in [7, 11) is 0. The molecule has 0 aromatic heterocycles. The molecule has 0 aliphatic carbocycles. The van der Waals surface area contributed by atoms with Crippen LogP contribution < -0.4 is 0 Å². The van der Waals surface area contributed by atoms with Gasteiger partial charge >= 0.3 is 11.9 Å². The first-order chi connectivity index (χ1) is 15.3. The summed E-state index contributed by atoms with van der Waals surface area (Å²) in [5.74, 6) is -0.555. The molecular formula is C28H38O4. The lowest BCUT2D eigenvalue weighted by atomic mass is 9.56. The van der Waals surface area contributed by atoms with Gasteiger partial charge < -0.3 is 9.47 Å². The fourth-order valence-electron chi connectivity index (χ4n) is 4.33. The molecule has 0 fully saturated rings. The molecular weight excluding hydrogens is 400 g/mol. The number of carbonyl (C=O) groups excluding carboxylic acids is 2. The van der Waals surface area contributed by atoms with Gasteiger partial charge in [0.15, 0.2) is 0 Å². The van der Waals surface area contributed by atoms with Crippen molar-refractivity contribution in [2.75, 3.05) is 13.2 Å². The van der Waals surface area contributed by atoms with E-state index in [4.69, 9.17) is 9.47 Å². The number of hydrogen-bond acceptors (Lipinski definition) is 4. The van der Waals surface area contributed by atoms with Crippen LogP contribution in [0.1, 0.15) is 99.1 Å². The SMILES string of the molecule is CCCOC(=O)c1ccc(C(C)(CC)C(C)(CC)c2ccc(C(=O)OCCC)cc2)cc1. The second kappa shape index (κ2) is 11.3. The van der Waals surface area contributed by atoms with E-state index in [1.54, 1.807) is 0 Å². The first-order valence-corrected chi connectivity index (χ1v) is 11.8. The fourth-order valence-corrected chi connectivity index (χ4v) is 4.33. The number of rotatable bonds is 11. The Bertz CT molecular complexity index is 809. The normalized spacial score (nSPS) is 14.8. The summed E-state index contributed by atoms with van der Waals surface area (Å²) in [6, 6.07) is 15.7. The zero-order valence-electron chi connectivity index (χ0n) is 20.5. The van der Waals surface area contributed by atoms with Crippen molar-refractivity contribution in [3.63, 3.8) is 0 Å². The number of carbonyl (C=O) groups is 2. The predicted molar refractivity (Wildman–Crippen MR) is 129 cm³/mol. The molecule has 4 nitrogen and oxygen atoms in total. The topological polar surface area (TPSA) is 52.6 Å². The first kappa shape index (κ1) is 25.6. The Labute approximate surface area is 193 Å². The Kier molecular flexibility index (Phi) is 9.06. The first-order valence-electron chi connectivity index (χ1n) is 11.8. The highest BCUT2D eigenvalue weighted by Gasteiger charge is 2.44. The van der Waals surface area contributed by atoms with E-state index in [0.717, 1.165) is 25.7 Å². The Morgan fingerprint density at radius 2 is 0.938 bits per heavy atom. The van der Waals surface area contributed by atoms with Gasteiger partial charge in [-0.1, -0.05) is 65.8 Å². The second-order valence-corrected chi connectivity index (χ2v) is 8.80. The van der Waals surface area contributed by atoms with Crippen LogP contribution in [-0.2, 0) is 20.3 Å². The Morgan fingerprint density at radius 1 is 0.625 bits per heavy atom. The molecule has 174 valence electrons. The van der Waals surface area contributed by atoms with Gasteiger partial charge in [0.1, 0.15) is 0 Å². The highest BCUT2D eigenvalue weighted by atomic mass is 16.5. The van der Waals surface area contributed by atoms with Crippen LogP contribution in [0, 0.1) is 0 Å². The molecule has 2 rings (SSSR count). The molecule has 0 aliphatic rings. The highest BCUT2D eigenvalue weighted by molar-refractivity contribution is 5.90. The van der Waals surface area contributed by atoms with E-state index < -0.39 is 0 Å². The minimum atomic E-state index is -0.277. The summed E-state index contributed by atoms with van der Waals surface area (Å²) in [5, 5.41) is 0. The zero-order chi connectivity index (χ0) is 23.8. The molecule has 2 aromatic carbocycles. The largest absolute Gasteiger partial charge is 0.462 e. The van der Waals surface area contributed by atoms with E-state index in [1.165, 1.54) is 11.1 Å². The second-order valence-electron chi connectivity index (χ2n) is 8.80. The Balaban J connectivity index is 2.36. The summed E-state index contributed by atoms with van der Waals surface area (Å²) in [5.41, 5.74) is 3.18. The lowest BCUT2D eigenvalue weighted by Crippen LogP contribution is -2.44. The number of benzene rings is 2. The van der Waals surface area contributed by atoms with Crippen molar-refractivity contribution in [2.24, 2.45) is 0 Å². The van der Waals surface area contributed by atoms with Crippen LogP contribution in [-0.4, -0.2) is 25.2 Å². The third-order valence-corrected chi connectivity index (χ3v) is 7.02. The van der Waals surface area contributed by atoms with E-state index in [9.17, 15) is 9.59 Å². The van der Waals surface area contributed by atoms with Gasteiger partial charge in [0.2, 0.25) is 0 Å². The van der Waals surface area contributed by atoms with Crippen molar-refractivity contribution in [3.8, 4) is 0 Å². The fraction of sp³-hybridized carbons (Fsp3) is 0.500. The molecule has 32 heavy (non-hydrogen) atoms. The van der Waals surface area contributed by atoms with Crippen molar-refractivity contribution >= 4 is 11.9 Å². The number of ether oxygens (including phenoxy) is 2. The monoisotopic (exact) mass is 438 g/mol. The van der Waals surface area contributed by atoms with E-state index in [-0.39, 0.29) is 22.8 Å². The maximum atomic E-state index is 12.2. The van der Waals surface area contributed by atoms with Crippen molar-refractivity contribution in [1.82, 2.24) is 0 Å². The summed E-state index contributed by atoms with van der Waals surface area (Å²) in [6.45, 7) is 13.8. The van der Waals surface area contributed by atoms with Crippen LogP contribution in [0.4, 0.5) is 0 Å². The molecule has 0 bridgehead atoms. The van der Waals surface area contributed by atoms with Gasteiger partial charge in [0.05, 0.1) is 24.3 Å². The summed E-state index contributed by atoms with van der Waals surface area (Å²) >= 11 is 0. The van der Waals surface area contributed by atoms with E-state index in [1.807, 2.05) is 38.1 Å². The Hall–Kier alpha value is -2.62. The zero-order valence-corrected chi connectivity index (χ0v) is 20.5. The van der Waals surface area contributed by atoms with Gasteiger partial charge in [-0.2, -0.15) is 0 Å². The number of esters is 2. The quantitative estimate of drug-likeness (QED) is 0.360. The van der Waals surface area contributed by atoms with Gasteiger partial charge in [-0.25, -0.2) is 9.59 Å². The van der Waals surface area contributed by atoms with Crippen LogP contribution in [0.2, 0.25) is 0 Å². The standard InChI is InChI=1S/C28H38O4/c1-7-19-31-25(29)21-11-15-23(16-12-21)27(5,9-3)28(6,10-4)24-17-13-22(14-18-24)26(30)32-20-8-2/h11-18H,7-10,19-20H2,1-6H3. The molecule has 0 N–H and O–H groups in total. The molecule has 0 radical (unpaired) electrons. The van der Waals surface area contributed by atoms with Crippen molar-refractivity contribution in [2.45, 2.75) is 78.1 Å². The van der Waals surface area contributed by atoms with E-state index >= 15 is 0 Å². The lowest BCUT2D eigenvalue weighted by Gasteiger charge is -2.47. The van der Waals surface area contributed by atoms with E-state index in [0.29, 0.717) is 24.3 Å². The molecule has 0 heterocycles. The lowest BCUT2D eigenvalue weighted by molar-refractivity contribution is 0.0496. The highest BCUT2D eigenvalue weighted by Crippen LogP contribution is 2.48. The van der Waals surface area contributed by atoms with Gasteiger partial charge in [0, 0.05) is 10.8 Å². The average molecular weight is 439 g/mol. The smallest absolute Gasteiger partial charge is 0.338 e. The van der Waals surface area contributed by atoms with Crippen LogP contribution in [0.15, 0.2) is 48.5 Å². The molecule has 0 amide bonds. The molecule has 0 saturated carbocycles. The molecule has 0 saturated heterocycles. The van der Waals surface area contributed by atoms with Crippen molar-refractivity contribution < 1.29 is 19.1 Å². The molecule has 2 unspecified atom stereocenters. The van der Waals surface area contributed by atoms with Crippen LogP contribution in [0.3, 0.4) is 0 Å². The minimum Gasteiger partial charge on any atom is -0.462 e. The average Bonchev–Trinajstić information content (AvgIpc) is 2.84. The number of hydrogen-bond donors (Lipinski definition) is 0. The van der Waals surface area contributed by atoms with Gasteiger partial charge in [-0.15, -0.1) is 0 Å².